The second-order valence-corrected chi connectivity index (χ2v) is 8.97. The number of hydrogen-bond donors (Lipinski definition) is 4. The zero-order valence-electron chi connectivity index (χ0n) is 20.2. The summed E-state index contributed by atoms with van der Waals surface area (Å²) in [5, 5.41) is 32.8. The van der Waals surface area contributed by atoms with Crippen molar-refractivity contribution in [1.82, 2.24) is 15.3 Å². The number of aliphatic hydroxyl groups excluding tert-OH is 1. The minimum absolute atomic E-state index is 0.152. The third kappa shape index (κ3) is 6.35. The van der Waals surface area contributed by atoms with Gasteiger partial charge in [0, 0.05) is 36.9 Å². The standard InChI is InChI=1S/C28H27ClN4O4/c1-33(17-18-7-3-2-4-8-18)28-31-16-21(26(32-28)20-9-5-6-10-22(20)29)27(37)30-14-13-23(34)19-11-12-24(35)25(36)15-19/h2-12,15-16,23,34-36H,13-14,17H2,1H3,(H,30,37). The molecule has 1 amide bonds. The summed E-state index contributed by atoms with van der Waals surface area (Å²) in [6.07, 6.45) is 0.725. The number of rotatable bonds is 9. The number of nitrogens with one attached hydrogen (secondary N) is 1. The molecule has 4 N–H and O–H groups in total. The highest BCUT2D eigenvalue weighted by Crippen LogP contribution is 2.31. The van der Waals surface area contributed by atoms with Gasteiger partial charge in [-0.25, -0.2) is 9.97 Å². The Morgan fingerprint density at radius 3 is 2.49 bits per heavy atom. The van der Waals surface area contributed by atoms with E-state index in [9.17, 15) is 20.1 Å². The van der Waals surface area contributed by atoms with E-state index in [2.05, 4.69) is 10.3 Å². The van der Waals surface area contributed by atoms with Crippen molar-refractivity contribution in [2.75, 3.05) is 18.5 Å². The highest BCUT2D eigenvalue weighted by Gasteiger charge is 2.20. The number of carbonyl (C=O) groups is 1. The van der Waals surface area contributed by atoms with Crippen LogP contribution in [0.2, 0.25) is 5.02 Å². The summed E-state index contributed by atoms with van der Waals surface area (Å²) < 4.78 is 0. The Balaban J connectivity index is 1.53. The van der Waals surface area contributed by atoms with Gasteiger partial charge in [-0.1, -0.05) is 66.2 Å². The molecule has 1 unspecified atom stereocenters. The number of carbonyl (C=O) groups excluding carboxylic acids is 1. The fourth-order valence-corrected chi connectivity index (χ4v) is 4.07. The van der Waals surface area contributed by atoms with Gasteiger partial charge < -0.3 is 25.5 Å². The first-order valence-corrected chi connectivity index (χ1v) is 12.1. The summed E-state index contributed by atoms with van der Waals surface area (Å²) in [6, 6.07) is 21.2. The minimum Gasteiger partial charge on any atom is -0.504 e. The SMILES string of the molecule is CN(Cc1ccccc1)c1ncc(C(=O)NCCC(O)c2ccc(O)c(O)c2)c(-c2ccccc2Cl)n1. The van der Waals surface area contributed by atoms with E-state index in [-0.39, 0.29) is 30.0 Å². The van der Waals surface area contributed by atoms with E-state index in [1.807, 2.05) is 48.3 Å². The predicted octanol–water partition coefficient (Wildman–Crippen LogP) is 4.70. The number of aromatic hydroxyl groups is 2. The maximum Gasteiger partial charge on any atom is 0.255 e. The van der Waals surface area contributed by atoms with E-state index in [0.29, 0.717) is 34.3 Å². The van der Waals surface area contributed by atoms with E-state index in [1.54, 1.807) is 18.2 Å². The minimum atomic E-state index is -0.944. The van der Waals surface area contributed by atoms with Gasteiger partial charge in [-0.3, -0.25) is 4.79 Å². The van der Waals surface area contributed by atoms with E-state index in [4.69, 9.17) is 16.6 Å². The Labute approximate surface area is 219 Å². The molecule has 0 spiro atoms. The van der Waals surface area contributed by atoms with Crippen molar-refractivity contribution in [3.8, 4) is 22.8 Å². The number of anilines is 1. The van der Waals surface area contributed by atoms with Crippen LogP contribution in [0.1, 0.15) is 34.0 Å². The lowest BCUT2D eigenvalue weighted by atomic mass is 10.0. The van der Waals surface area contributed by atoms with Gasteiger partial charge in [0.2, 0.25) is 5.95 Å². The van der Waals surface area contributed by atoms with Crippen molar-refractivity contribution in [3.63, 3.8) is 0 Å². The zero-order valence-corrected chi connectivity index (χ0v) is 20.9. The van der Waals surface area contributed by atoms with Gasteiger partial charge in [0.25, 0.3) is 5.91 Å². The molecule has 37 heavy (non-hydrogen) atoms. The smallest absolute Gasteiger partial charge is 0.255 e. The molecule has 1 aromatic heterocycles. The van der Waals surface area contributed by atoms with Crippen LogP contribution in [0.15, 0.2) is 79.0 Å². The van der Waals surface area contributed by atoms with Crippen LogP contribution in [0.25, 0.3) is 11.3 Å². The molecule has 0 saturated carbocycles. The van der Waals surface area contributed by atoms with Crippen LogP contribution in [0, 0.1) is 0 Å². The molecular weight excluding hydrogens is 492 g/mol. The number of aromatic nitrogens is 2. The van der Waals surface area contributed by atoms with Gasteiger partial charge in [-0.05, 0) is 35.7 Å². The van der Waals surface area contributed by atoms with Gasteiger partial charge in [-0.15, -0.1) is 0 Å². The van der Waals surface area contributed by atoms with Gasteiger partial charge in [0.1, 0.15) is 0 Å². The van der Waals surface area contributed by atoms with Crippen molar-refractivity contribution in [3.05, 3.63) is 101 Å². The summed E-state index contributed by atoms with van der Waals surface area (Å²) in [7, 11) is 1.88. The quantitative estimate of drug-likeness (QED) is 0.237. The number of phenols is 2. The van der Waals surface area contributed by atoms with E-state index >= 15 is 0 Å². The molecule has 8 nitrogen and oxygen atoms in total. The fourth-order valence-electron chi connectivity index (χ4n) is 3.84. The number of amides is 1. The van der Waals surface area contributed by atoms with E-state index < -0.39 is 12.0 Å². The van der Waals surface area contributed by atoms with E-state index in [0.717, 1.165) is 5.56 Å². The van der Waals surface area contributed by atoms with E-state index in [1.165, 1.54) is 24.4 Å². The molecular formula is C28H27ClN4O4. The molecule has 1 atom stereocenters. The molecule has 9 heteroatoms. The molecule has 3 aromatic carbocycles. The maximum absolute atomic E-state index is 13.1. The van der Waals surface area contributed by atoms with Crippen LogP contribution < -0.4 is 10.2 Å². The van der Waals surface area contributed by atoms with Crippen molar-refractivity contribution in [1.29, 1.82) is 0 Å². The van der Waals surface area contributed by atoms with Gasteiger partial charge in [0.15, 0.2) is 11.5 Å². The molecule has 0 aliphatic heterocycles. The third-order valence-corrected chi connectivity index (χ3v) is 6.17. The second-order valence-electron chi connectivity index (χ2n) is 8.56. The predicted molar refractivity (Wildman–Crippen MR) is 143 cm³/mol. The summed E-state index contributed by atoms with van der Waals surface area (Å²) in [6.45, 7) is 0.734. The Hall–Kier alpha value is -4.14. The molecule has 0 radical (unpaired) electrons. The summed E-state index contributed by atoms with van der Waals surface area (Å²) >= 11 is 6.46. The van der Waals surface area contributed by atoms with Crippen LogP contribution in [0.4, 0.5) is 5.95 Å². The van der Waals surface area contributed by atoms with Gasteiger partial charge in [0.05, 0.1) is 17.4 Å². The number of benzene rings is 3. The summed E-state index contributed by atoms with van der Waals surface area (Å²) in [5.41, 5.74) is 2.77. The first-order chi connectivity index (χ1) is 17.8. The van der Waals surface area contributed by atoms with Crippen molar-refractivity contribution in [2.24, 2.45) is 0 Å². The molecule has 190 valence electrons. The molecule has 0 fully saturated rings. The molecule has 4 aromatic rings. The topological polar surface area (TPSA) is 119 Å². The number of hydrogen-bond acceptors (Lipinski definition) is 7. The maximum atomic E-state index is 13.1. The molecule has 0 aliphatic carbocycles. The van der Waals surface area contributed by atoms with Crippen LogP contribution >= 0.6 is 11.6 Å². The number of aliphatic hydroxyl groups is 1. The fraction of sp³-hybridized carbons (Fsp3) is 0.179. The summed E-state index contributed by atoms with van der Waals surface area (Å²) in [4.78, 5) is 24.2. The van der Waals surface area contributed by atoms with Crippen LogP contribution in [0.3, 0.4) is 0 Å². The lowest BCUT2D eigenvalue weighted by Crippen LogP contribution is -2.27. The van der Waals surface area contributed by atoms with Crippen molar-refractivity contribution < 1.29 is 20.1 Å². The summed E-state index contributed by atoms with van der Waals surface area (Å²) in [5.74, 6) is -0.556. The molecule has 4 rings (SSSR count). The first kappa shape index (κ1) is 25.9. The molecule has 0 saturated heterocycles. The monoisotopic (exact) mass is 518 g/mol. The second kappa shape index (κ2) is 11.7. The van der Waals surface area contributed by atoms with Gasteiger partial charge in [-0.2, -0.15) is 0 Å². The van der Waals surface area contributed by atoms with Gasteiger partial charge >= 0.3 is 0 Å². The third-order valence-electron chi connectivity index (χ3n) is 5.84. The number of halogens is 1. The van der Waals surface area contributed by atoms with Crippen LogP contribution in [-0.4, -0.2) is 44.8 Å². The van der Waals surface area contributed by atoms with Crippen molar-refractivity contribution >= 4 is 23.5 Å². The molecule has 0 aliphatic rings. The normalized spacial score (nSPS) is 11.6. The van der Waals surface area contributed by atoms with Crippen molar-refractivity contribution in [2.45, 2.75) is 19.1 Å². The molecule has 1 heterocycles. The van der Waals surface area contributed by atoms with Crippen LogP contribution in [0.5, 0.6) is 11.5 Å². The zero-order chi connectivity index (χ0) is 26.4. The average molecular weight is 519 g/mol. The lowest BCUT2D eigenvalue weighted by molar-refractivity contribution is 0.0942. The Kier molecular flexibility index (Phi) is 8.22. The Bertz CT molecular complexity index is 1380. The largest absolute Gasteiger partial charge is 0.504 e. The Morgan fingerprint density at radius 2 is 1.76 bits per heavy atom. The highest BCUT2D eigenvalue weighted by atomic mass is 35.5. The highest BCUT2D eigenvalue weighted by molar-refractivity contribution is 6.33. The molecule has 0 bridgehead atoms. The average Bonchev–Trinajstić information content (AvgIpc) is 2.90. The Morgan fingerprint density at radius 1 is 1.03 bits per heavy atom. The van der Waals surface area contributed by atoms with Crippen LogP contribution in [-0.2, 0) is 6.54 Å². The first-order valence-electron chi connectivity index (χ1n) is 11.7. The number of nitrogens with zero attached hydrogens (tertiary/aromatic N) is 3. The lowest BCUT2D eigenvalue weighted by Gasteiger charge is -2.19. The number of phenolic OH excluding ortho intramolecular Hbond substituents is 2.